The van der Waals surface area contributed by atoms with Crippen LogP contribution in [0.2, 0.25) is 0 Å². The monoisotopic (exact) mass is 166 g/mol. The lowest BCUT2D eigenvalue weighted by Crippen LogP contribution is -2.34. The molecule has 0 saturated carbocycles. The highest BCUT2D eigenvalue weighted by Gasteiger charge is 2.19. The summed E-state index contributed by atoms with van der Waals surface area (Å²) >= 11 is 0. The van der Waals surface area contributed by atoms with Crippen LogP contribution in [0.15, 0.2) is 0 Å². The van der Waals surface area contributed by atoms with Gasteiger partial charge < -0.3 is 10.2 Å². The highest BCUT2D eigenvalue weighted by atomic mass is 19.3. The molecule has 0 rings (SSSR count). The van der Waals surface area contributed by atoms with Gasteiger partial charge in [-0.1, -0.05) is 0 Å². The summed E-state index contributed by atoms with van der Waals surface area (Å²) in [5.74, 6) is -2.59. The lowest BCUT2D eigenvalue weighted by Gasteiger charge is -2.13. The van der Waals surface area contributed by atoms with Crippen molar-refractivity contribution in [3.05, 3.63) is 0 Å². The van der Waals surface area contributed by atoms with Gasteiger partial charge in [-0.15, -0.1) is 0 Å². The van der Waals surface area contributed by atoms with Crippen LogP contribution in [0.4, 0.5) is 8.78 Å². The molecule has 0 spiro atoms. The zero-order valence-electron chi connectivity index (χ0n) is 7.32. The van der Waals surface area contributed by atoms with Crippen LogP contribution < -0.4 is 5.32 Å². The minimum absolute atomic E-state index is 0.235. The number of halogens is 2. The Kier molecular flexibility index (Phi) is 4.52. The molecule has 0 aromatic carbocycles. The van der Waals surface area contributed by atoms with E-state index in [9.17, 15) is 8.78 Å². The van der Waals surface area contributed by atoms with Crippen LogP contribution >= 0.6 is 0 Å². The first-order valence-electron chi connectivity index (χ1n) is 3.65. The summed E-state index contributed by atoms with van der Waals surface area (Å²) in [6, 6.07) is 0. The predicted molar refractivity (Wildman–Crippen MR) is 42.0 cm³/mol. The molecule has 0 saturated heterocycles. The van der Waals surface area contributed by atoms with E-state index in [1.54, 1.807) is 0 Å². The molecule has 0 amide bonds. The second-order valence-corrected chi connectivity index (χ2v) is 3.05. The quantitative estimate of drug-likeness (QED) is 0.607. The van der Waals surface area contributed by atoms with Crippen molar-refractivity contribution in [2.24, 2.45) is 0 Å². The molecule has 11 heavy (non-hydrogen) atoms. The third-order valence-electron chi connectivity index (χ3n) is 1.17. The Morgan fingerprint density at radius 3 is 2.27 bits per heavy atom. The van der Waals surface area contributed by atoms with Gasteiger partial charge in [0.15, 0.2) is 0 Å². The van der Waals surface area contributed by atoms with Gasteiger partial charge in [0.05, 0.1) is 6.54 Å². The molecular formula is C7H16F2N2. The average Bonchev–Trinajstić information content (AvgIpc) is 1.78. The molecule has 0 radical (unpaired) electrons. The largest absolute Gasteiger partial charge is 0.310 e. The van der Waals surface area contributed by atoms with Gasteiger partial charge >= 0.3 is 0 Å². The molecule has 0 bridgehead atoms. The normalized spacial score (nSPS) is 12.5. The minimum Gasteiger partial charge on any atom is -0.310 e. The standard InChI is InChI=1S/C7H16F2N2/c1-7(8,9)6-10-4-5-11(2)3/h10H,4-6H2,1-3H3. The molecule has 68 valence electrons. The summed E-state index contributed by atoms with van der Waals surface area (Å²) in [4.78, 5) is 1.95. The van der Waals surface area contributed by atoms with E-state index >= 15 is 0 Å². The lowest BCUT2D eigenvalue weighted by molar-refractivity contribution is 0.0226. The van der Waals surface area contributed by atoms with Gasteiger partial charge in [0.25, 0.3) is 5.92 Å². The average molecular weight is 166 g/mol. The Morgan fingerprint density at radius 1 is 1.36 bits per heavy atom. The first-order valence-corrected chi connectivity index (χ1v) is 3.65. The van der Waals surface area contributed by atoms with E-state index in [0.29, 0.717) is 6.54 Å². The zero-order chi connectivity index (χ0) is 8.91. The van der Waals surface area contributed by atoms with Gasteiger partial charge in [-0.25, -0.2) is 8.78 Å². The fourth-order valence-electron chi connectivity index (χ4n) is 0.611. The van der Waals surface area contributed by atoms with Crippen LogP contribution in [0.1, 0.15) is 6.92 Å². The zero-order valence-corrected chi connectivity index (χ0v) is 7.32. The second kappa shape index (κ2) is 4.62. The summed E-state index contributed by atoms with van der Waals surface area (Å²) in [7, 11) is 3.82. The van der Waals surface area contributed by atoms with Gasteiger partial charge in [0.1, 0.15) is 0 Å². The first-order chi connectivity index (χ1) is 4.92. The Balaban J connectivity index is 3.15. The van der Waals surface area contributed by atoms with Crippen LogP contribution in [0.5, 0.6) is 0 Å². The molecule has 0 unspecified atom stereocenters. The summed E-state index contributed by atoms with van der Waals surface area (Å²) < 4.78 is 24.3. The van der Waals surface area contributed by atoms with E-state index in [2.05, 4.69) is 5.32 Å². The number of alkyl halides is 2. The van der Waals surface area contributed by atoms with Crippen molar-refractivity contribution < 1.29 is 8.78 Å². The minimum atomic E-state index is -2.59. The van der Waals surface area contributed by atoms with E-state index in [1.807, 2.05) is 19.0 Å². The van der Waals surface area contributed by atoms with E-state index in [0.717, 1.165) is 13.5 Å². The molecule has 1 N–H and O–H groups in total. The molecule has 2 nitrogen and oxygen atoms in total. The van der Waals surface area contributed by atoms with Gasteiger partial charge in [0, 0.05) is 20.0 Å². The SMILES string of the molecule is CN(C)CCNCC(C)(F)F. The third-order valence-corrected chi connectivity index (χ3v) is 1.17. The van der Waals surface area contributed by atoms with Gasteiger partial charge in [-0.3, -0.25) is 0 Å². The summed E-state index contributed by atoms with van der Waals surface area (Å²) in [5, 5.41) is 2.66. The number of hydrogen-bond donors (Lipinski definition) is 1. The number of nitrogens with one attached hydrogen (secondary N) is 1. The molecule has 0 aliphatic heterocycles. The fourth-order valence-corrected chi connectivity index (χ4v) is 0.611. The number of likely N-dealkylation sites (N-methyl/N-ethyl adjacent to an activating group) is 1. The van der Waals surface area contributed by atoms with E-state index in [1.165, 1.54) is 0 Å². The second-order valence-electron chi connectivity index (χ2n) is 3.05. The van der Waals surface area contributed by atoms with Crippen LogP contribution in [0, 0.1) is 0 Å². The Bertz CT molecular complexity index is 99.1. The van der Waals surface area contributed by atoms with E-state index in [-0.39, 0.29) is 6.54 Å². The summed E-state index contributed by atoms with van der Waals surface area (Å²) in [6.07, 6.45) is 0. The van der Waals surface area contributed by atoms with Crippen LogP contribution in [0.25, 0.3) is 0 Å². The first kappa shape index (κ1) is 10.8. The van der Waals surface area contributed by atoms with Gasteiger partial charge in [-0.05, 0) is 14.1 Å². The maximum atomic E-state index is 12.2. The molecule has 0 atom stereocenters. The van der Waals surface area contributed by atoms with Crippen molar-refractivity contribution in [2.45, 2.75) is 12.8 Å². The lowest BCUT2D eigenvalue weighted by atomic mass is 10.4. The van der Waals surface area contributed by atoms with Crippen molar-refractivity contribution in [2.75, 3.05) is 33.7 Å². The number of nitrogens with zero attached hydrogens (tertiary/aromatic N) is 1. The molecular weight excluding hydrogens is 150 g/mol. The van der Waals surface area contributed by atoms with Crippen LogP contribution in [-0.4, -0.2) is 44.6 Å². The molecule has 0 heterocycles. The highest BCUT2D eigenvalue weighted by molar-refractivity contribution is 4.62. The van der Waals surface area contributed by atoms with Crippen molar-refractivity contribution in [1.82, 2.24) is 10.2 Å². The molecule has 0 aromatic heterocycles. The van der Waals surface area contributed by atoms with Crippen molar-refractivity contribution >= 4 is 0 Å². The van der Waals surface area contributed by atoms with Crippen molar-refractivity contribution in [1.29, 1.82) is 0 Å². The molecule has 0 fully saturated rings. The van der Waals surface area contributed by atoms with E-state index in [4.69, 9.17) is 0 Å². The van der Waals surface area contributed by atoms with Gasteiger partial charge in [-0.2, -0.15) is 0 Å². The summed E-state index contributed by atoms with van der Waals surface area (Å²) in [6.45, 7) is 2.07. The Hall–Kier alpha value is -0.220. The van der Waals surface area contributed by atoms with Crippen molar-refractivity contribution in [3.63, 3.8) is 0 Å². The fraction of sp³-hybridized carbons (Fsp3) is 1.00. The van der Waals surface area contributed by atoms with Crippen LogP contribution in [0.3, 0.4) is 0 Å². The highest BCUT2D eigenvalue weighted by Crippen LogP contribution is 2.08. The predicted octanol–water partition coefficient (Wildman–Crippen LogP) is 0.793. The maximum absolute atomic E-state index is 12.2. The molecule has 0 aliphatic carbocycles. The van der Waals surface area contributed by atoms with Crippen molar-refractivity contribution in [3.8, 4) is 0 Å². The van der Waals surface area contributed by atoms with Crippen LogP contribution in [-0.2, 0) is 0 Å². The molecule has 0 aromatic rings. The Morgan fingerprint density at radius 2 is 1.91 bits per heavy atom. The number of rotatable bonds is 5. The maximum Gasteiger partial charge on any atom is 0.257 e. The van der Waals surface area contributed by atoms with Gasteiger partial charge in [0.2, 0.25) is 0 Å². The molecule has 0 aliphatic rings. The van der Waals surface area contributed by atoms with E-state index < -0.39 is 5.92 Å². The number of hydrogen-bond acceptors (Lipinski definition) is 2. The molecule has 4 heteroatoms. The third kappa shape index (κ3) is 9.78. The summed E-state index contributed by atoms with van der Waals surface area (Å²) in [5.41, 5.74) is 0. The Labute approximate surface area is 66.6 Å². The smallest absolute Gasteiger partial charge is 0.257 e. The topological polar surface area (TPSA) is 15.3 Å².